The summed E-state index contributed by atoms with van der Waals surface area (Å²) in [6, 6.07) is 3.67. The second-order valence-electron chi connectivity index (χ2n) is 5.83. The molecule has 1 N–H and O–H groups in total. The maximum absolute atomic E-state index is 13.6. The zero-order valence-electron chi connectivity index (χ0n) is 14.2. The molecule has 136 valence electrons. The molecule has 24 heavy (non-hydrogen) atoms. The van der Waals surface area contributed by atoms with Crippen LogP contribution in [0.4, 0.5) is 8.78 Å². The normalized spacial score (nSPS) is 17.5. The first-order chi connectivity index (χ1) is 11.1. The molecule has 0 saturated carbocycles. The summed E-state index contributed by atoms with van der Waals surface area (Å²) in [7, 11) is 2.00. The molecule has 0 bridgehead atoms. The third kappa shape index (κ3) is 6.51. The minimum absolute atomic E-state index is 0. The minimum Gasteiger partial charge on any atom is -0.381 e. The zero-order valence-corrected chi connectivity index (χ0v) is 16.6. The Kier molecular flexibility index (Phi) is 9.50. The van der Waals surface area contributed by atoms with Gasteiger partial charge in [-0.3, -0.25) is 4.99 Å². The van der Waals surface area contributed by atoms with Crippen LogP contribution in [0.3, 0.4) is 0 Å². The number of nitrogens with zero attached hydrogens (tertiary/aromatic N) is 2. The highest BCUT2D eigenvalue weighted by Gasteiger charge is 2.19. The standard InChI is InChI=1S/C17H25F2N3O.HI/c1-3-20-17(22(2)11-13-7-9-23-12-13)21-8-6-14-4-5-15(18)10-16(14)19;/h4-5,10,13H,3,6-9,11-12H2,1-2H3,(H,20,21);1H. The van der Waals surface area contributed by atoms with Gasteiger partial charge in [0.25, 0.3) is 0 Å². The van der Waals surface area contributed by atoms with E-state index in [1.807, 2.05) is 14.0 Å². The van der Waals surface area contributed by atoms with Crippen LogP contribution < -0.4 is 5.32 Å². The summed E-state index contributed by atoms with van der Waals surface area (Å²) in [4.78, 5) is 6.63. The summed E-state index contributed by atoms with van der Waals surface area (Å²) in [6.07, 6.45) is 1.52. The third-order valence-electron chi connectivity index (χ3n) is 3.91. The first-order valence-electron chi connectivity index (χ1n) is 8.11. The maximum Gasteiger partial charge on any atom is 0.193 e. The lowest BCUT2D eigenvalue weighted by Crippen LogP contribution is -2.41. The van der Waals surface area contributed by atoms with Crippen molar-refractivity contribution < 1.29 is 13.5 Å². The molecule has 0 spiro atoms. The van der Waals surface area contributed by atoms with Gasteiger partial charge in [0.15, 0.2) is 5.96 Å². The summed E-state index contributed by atoms with van der Waals surface area (Å²) >= 11 is 0. The number of rotatable bonds is 6. The fraction of sp³-hybridized carbons (Fsp3) is 0.588. The van der Waals surface area contributed by atoms with Crippen LogP contribution in [0.2, 0.25) is 0 Å². The van der Waals surface area contributed by atoms with E-state index >= 15 is 0 Å². The molecule has 0 amide bonds. The molecule has 0 aliphatic carbocycles. The molecule has 1 aliphatic heterocycles. The number of guanidine groups is 1. The van der Waals surface area contributed by atoms with E-state index in [0.717, 1.165) is 44.8 Å². The van der Waals surface area contributed by atoms with E-state index in [0.29, 0.717) is 24.4 Å². The molecule has 0 radical (unpaired) electrons. The van der Waals surface area contributed by atoms with Crippen molar-refractivity contribution in [1.82, 2.24) is 10.2 Å². The Hall–Kier alpha value is -0.960. The number of aliphatic imine (C=N–C) groups is 1. The van der Waals surface area contributed by atoms with E-state index in [1.54, 1.807) is 0 Å². The van der Waals surface area contributed by atoms with Gasteiger partial charge in [-0.25, -0.2) is 8.78 Å². The SMILES string of the molecule is CCNC(=NCCc1ccc(F)cc1F)N(C)CC1CCOC1.I. The molecule has 1 unspecified atom stereocenters. The Morgan fingerprint density at radius 1 is 1.42 bits per heavy atom. The molecule has 1 aromatic rings. The van der Waals surface area contributed by atoms with E-state index in [-0.39, 0.29) is 24.0 Å². The van der Waals surface area contributed by atoms with E-state index < -0.39 is 11.6 Å². The molecule has 1 fully saturated rings. The van der Waals surface area contributed by atoms with Crippen molar-refractivity contribution in [1.29, 1.82) is 0 Å². The van der Waals surface area contributed by atoms with Crippen LogP contribution in [-0.4, -0.2) is 50.8 Å². The van der Waals surface area contributed by atoms with Gasteiger partial charge < -0.3 is 15.0 Å². The number of hydrogen-bond donors (Lipinski definition) is 1. The fourth-order valence-electron chi connectivity index (χ4n) is 2.68. The maximum atomic E-state index is 13.6. The molecule has 4 nitrogen and oxygen atoms in total. The summed E-state index contributed by atoms with van der Waals surface area (Å²) in [5.41, 5.74) is 0.484. The third-order valence-corrected chi connectivity index (χ3v) is 3.91. The average molecular weight is 453 g/mol. The summed E-state index contributed by atoms with van der Waals surface area (Å²) < 4.78 is 31.9. The van der Waals surface area contributed by atoms with Gasteiger partial charge in [-0.1, -0.05) is 6.07 Å². The molecule has 0 aromatic heterocycles. The molecule has 1 aromatic carbocycles. The van der Waals surface area contributed by atoms with E-state index in [2.05, 4.69) is 15.2 Å². The highest BCUT2D eigenvalue weighted by Crippen LogP contribution is 2.13. The lowest BCUT2D eigenvalue weighted by Gasteiger charge is -2.24. The Morgan fingerprint density at radius 2 is 2.21 bits per heavy atom. The van der Waals surface area contributed by atoms with Crippen LogP contribution in [-0.2, 0) is 11.2 Å². The largest absolute Gasteiger partial charge is 0.381 e. The van der Waals surface area contributed by atoms with Crippen LogP contribution in [0.15, 0.2) is 23.2 Å². The van der Waals surface area contributed by atoms with Crippen molar-refractivity contribution in [3.05, 3.63) is 35.4 Å². The van der Waals surface area contributed by atoms with Crippen molar-refractivity contribution in [2.24, 2.45) is 10.9 Å². The Labute approximate surface area is 159 Å². The molecule has 7 heteroatoms. The summed E-state index contributed by atoms with van der Waals surface area (Å²) in [5.74, 6) is 0.267. The molecule has 1 atom stereocenters. The number of benzene rings is 1. The van der Waals surface area contributed by atoms with E-state index in [4.69, 9.17) is 4.74 Å². The molecule has 1 heterocycles. The number of ether oxygens (including phenoxy) is 1. The van der Waals surface area contributed by atoms with E-state index in [9.17, 15) is 8.78 Å². The van der Waals surface area contributed by atoms with Gasteiger partial charge in [-0.15, -0.1) is 24.0 Å². The van der Waals surface area contributed by atoms with Crippen molar-refractivity contribution in [2.45, 2.75) is 19.8 Å². The van der Waals surface area contributed by atoms with Gasteiger partial charge in [0.1, 0.15) is 11.6 Å². The van der Waals surface area contributed by atoms with Gasteiger partial charge in [0, 0.05) is 45.3 Å². The predicted molar refractivity (Wildman–Crippen MR) is 103 cm³/mol. The van der Waals surface area contributed by atoms with Gasteiger partial charge in [0.2, 0.25) is 0 Å². The quantitative estimate of drug-likeness (QED) is 0.409. The first-order valence-corrected chi connectivity index (χ1v) is 8.11. The Bertz CT molecular complexity index is 537. The highest BCUT2D eigenvalue weighted by molar-refractivity contribution is 14.0. The van der Waals surface area contributed by atoms with Crippen molar-refractivity contribution in [2.75, 3.05) is 39.9 Å². The van der Waals surface area contributed by atoms with Crippen LogP contribution in [0.1, 0.15) is 18.9 Å². The molecular formula is C17H26F2IN3O. The van der Waals surface area contributed by atoms with Crippen LogP contribution >= 0.6 is 24.0 Å². The topological polar surface area (TPSA) is 36.9 Å². The lowest BCUT2D eigenvalue weighted by atomic mass is 10.1. The van der Waals surface area contributed by atoms with E-state index in [1.165, 1.54) is 12.1 Å². The summed E-state index contributed by atoms with van der Waals surface area (Å²) in [5, 5.41) is 3.25. The number of nitrogens with one attached hydrogen (secondary N) is 1. The van der Waals surface area contributed by atoms with Gasteiger partial charge in [-0.05, 0) is 31.4 Å². The minimum atomic E-state index is -0.554. The van der Waals surface area contributed by atoms with Crippen molar-refractivity contribution in [3.63, 3.8) is 0 Å². The number of halogens is 3. The van der Waals surface area contributed by atoms with Crippen LogP contribution in [0.25, 0.3) is 0 Å². The van der Waals surface area contributed by atoms with Crippen LogP contribution in [0.5, 0.6) is 0 Å². The predicted octanol–water partition coefficient (Wildman–Crippen LogP) is 3.06. The van der Waals surface area contributed by atoms with Crippen molar-refractivity contribution >= 4 is 29.9 Å². The average Bonchev–Trinajstić information content (AvgIpc) is 3.01. The monoisotopic (exact) mass is 453 g/mol. The van der Waals surface area contributed by atoms with Crippen LogP contribution in [0, 0.1) is 17.6 Å². The van der Waals surface area contributed by atoms with Gasteiger partial charge in [0.05, 0.1) is 6.61 Å². The molecule has 2 rings (SSSR count). The smallest absolute Gasteiger partial charge is 0.193 e. The van der Waals surface area contributed by atoms with Gasteiger partial charge in [-0.2, -0.15) is 0 Å². The second-order valence-corrected chi connectivity index (χ2v) is 5.83. The summed E-state index contributed by atoms with van der Waals surface area (Å²) in [6.45, 7) is 5.75. The Balaban J connectivity index is 0.00000288. The molecular weight excluding hydrogens is 427 g/mol. The second kappa shape index (κ2) is 10.8. The van der Waals surface area contributed by atoms with Crippen molar-refractivity contribution in [3.8, 4) is 0 Å². The molecule has 1 aliphatic rings. The highest BCUT2D eigenvalue weighted by atomic mass is 127. The van der Waals surface area contributed by atoms with Gasteiger partial charge >= 0.3 is 0 Å². The molecule has 1 saturated heterocycles. The fourth-order valence-corrected chi connectivity index (χ4v) is 2.68. The lowest BCUT2D eigenvalue weighted by molar-refractivity contribution is 0.181. The first kappa shape index (κ1) is 21.1. The zero-order chi connectivity index (χ0) is 16.7. The number of hydrogen-bond acceptors (Lipinski definition) is 2. The Morgan fingerprint density at radius 3 is 2.83 bits per heavy atom.